The van der Waals surface area contributed by atoms with E-state index in [9.17, 15) is 14.9 Å². The number of carbonyl (C=O) groups excluding carboxylic acids is 1. The van der Waals surface area contributed by atoms with E-state index in [2.05, 4.69) is 5.43 Å². The number of hydrogen-bond acceptors (Lipinski definition) is 5. The average molecular weight is 280 g/mol. The minimum atomic E-state index is -0.604. The number of nitrogens with two attached hydrogens (primary N) is 1. The highest BCUT2D eigenvalue weighted by molar-refractivity contribution is 6.00. The number of rotatable bonds is 4. The number of para-hydroxylation sites is 1. The van der Waals surface area contributed by atoms with Crippen molar-refractivity contribution in [3.05, 3.63) is 33.9 Å². The third-order valence-corrected chi connectivity index (χ3v) is 2.66. The van der Waals surface area contributed by atoms with Crippen molar-refractivity contribution in [2.45, 2.75) is 20.8 Å². The number of nitro groups is 1. The largest absolute Gasteiger partial charge is 0.341 e. The first-order valence-electron chi connectivity index (χ1n) is 6.17. The summed E-state index contributed by atoms with van der Waals surface area (Å²) in [7, 11) is 1.62. The molecule has 1 aromatic rings. The fourth-order valence-electron chi connectivity index (χ4n) is 2.02. The molecule has 0 aromatic heterocycles. The fourth-order valence-corrected chi connectivity index (χ4v) is 2.02. The number of nitrogens with one attached hydrogen (secondary N) is 1. The molecule has 0 aliphatic heterocycles. The molecule has 7 heteroatoms. The van der Waals surface area contributed by atoms with Crippen molar-refractivity contribution < 1.29 is 9.72 Å². The van der Waals surface area contributed by atoms with Gasteiger partial charge in [-0.25, -0.2) is 0 Å². The lowest BCUT2D eigenvalue weighted by Crippen LogP contribution is -2.34. The molecule has 0 unspecified atom stereocenters. The third kappa shape index (κ3) is 3.67. The van der Waals surface area contributed by atoms with Gasteiger partial charge in [0.25, 0.3) is 5.91 Å². The van der Waals surface area contributed by atoms with Gasteiger partial charge in [0.05, 0.1) is 4.92 Å². The summed E-state index contributed by atoms with van der Waals surface area (Å²) in [5.74, 6) is 4.86. The number of nitrogen functional groups attached to an aromatic ring is 1. The van der Waals surface area contributed by atoms with E-state index < -0.39 is 10.8 Å². The molecule has 1 amide bonds. The summed E-state index contributed by atoms with van der Waals surface area (Å²) >= 11 is 0. The van der Waals surface area contributed by atoms with E-state index in [1.165, 1.54) is 17.0 Å². The van der Waals surface area contributed by atoms with Gasteiger partial charge in [0.2, 0.25) is 0 Å². The smallest absolute Gasteiger partial charge is 0.306 e. The van der Waals surface area contributed by atoms with Crippen LogP contribution in [-0.2, 0) is 0 Å². The summed E-state index contributed by atoms with van der Waals surface area (Å²) in [4.78, 5) is 24.4. The standard InChI is InChI=1S/C13H20N4O3/c1-13(2,3)8-16(4)12(18)9-6-5-7-10(15-14)11(9)17(19)20/h5-7,15H,8,14H2,1-4H3. The van der Waals surface area contributed by atoms with Gasteiger partial charge in [0.15, 0.2) is 0 Å². The number of carbonyl (C=O) groups is 1. The van der Waals surface area contributed by atoms with Crippen molar-refractivity contribution in [1.82, 2.24) is 4.90 Å². The summed E-state index contributed by atoms with van der Waals surface area (Å²) in [5.41, 5.74) is 1.99. The highest BCUT2D eigenvalue weighted by Gasteiger charge is 2.27. The van der Waals surface area contributed by atoms with Crippen LogP contribution in [0.2, 0.25) is 0 Å². The quantitative estimate of drug-likeness (QED) is 0.499. The van der Waals surface area contributed by atoms with Crippen LogP contribution >= 0.6 is 0 Å². The van der Waals surface area contributed by atoms with Crippen molar-refractivity contribution in [2.75, 3.05) is 19.0 Å². The number of nitro benzene ring substituents is 1. The molecule has 0 saturated carbocycles. The van der Waals surface area contributed by atoms with Crippen LogP contribution in [0.1, 0.15) is 31.1 Å². The van der Waals surface area contributed by atoms with Gasteiger partial charge in [-0.1, -0.05) is 26.8 Å². The number of hydrogen-bond donors (Lipinski definition) is 2. The maximum absolute atomic E-state index is 12.4. The molecular formula is C13H20N4O3. The molecule has 0 radical (unpaired) electrons. The van der Waals surface area contributed by atoms with E-state index in [0.29, 0.717) is 6.54 Å². The van der Waals surface area contributed by atoms with Crippen molar-refractivity contribution in [1.29, 1.82) is 0 Å². The zero-order valence-electron chi connectivity index (χ0n) is 12.1. The van der Waals surface area contributed by atoms with E-state index in [-0.39, 0.29) is 22.4 Å². The molecule has 3 N–H and O–H groups in total. The second-order valence-corrected chi connectivity index (χ2v) is 5.83. The van der Waals surface area contributed by atoms with Gasteiger partial charge in [-0.2, -0.15) is 0 Å². The van der Waals surface area contributed by atoms with E-state index in [0.717, 1.165) is 0 Å². The molecule has 0 atom stereocenters. The summed E-state index contributed by atoms with van der Waals surface area (Å²) in [6.07, 6.45) is 0. The predicted octanol–water partition coefficient (Wildman–Crippen LogP) is 2.00. The van der Waals surface area contributed by atoms with Crippen LogP contribution in [0.25, 0.3) is 0 Å². The molecule has 0 bridgehead atoms. The van der Waals surface area contributed by atoms with E-state index in [1.54, 1.807) is 13.1 Å². The van der Waals surface area contributed by atoms with Crippen molar-refractivity contribution in [2.24, 2.45) is 11.3 Å². The Morgan fingerprint density at radius 3 is 2.50 bits per heavy atom. The Bertz CT molecular complexity index is 523. The molecule has 0 aliphatic carbocycles. The van der Waals surface area contributed by atoms with E-state index in [1.807, 2.05) is 20.8 Å². The summed E-state index contributed by atoms with van der Waals surface area (Å²) in [6, 6.07) is 4.44. The molecule has 0 fully saturated rings. The van der Waals surface area contributed by atoms with Crippen LogP contribution in [0.3, 0.4) is 0 Å². The van der Waals surface area contributed by atoms with Crippen LogP contribution in [0.5, 0.6) is 0 Å². The molecule has 0 aliphatic rings. The van der Waals surface area contributed by atoms with E-state index >= 15 is 0 Å². The molecule has 0 heterocycles. The lowest BCUT2D eigenvalue weighted by atomic mass is 9.96. The maximum atomic E-state index is 12.4. The van der Waals surface area contributed by atoms with Gasteiger partial charge in [-0.15, -0.1) is 0 Å². The Labute approximate surface area is 117 Å². The van der Waals surface area contributed by atoms with Gasteiger partial charge in [-0.05, 0) is 17.5 Å². The molecule has 1 aromatic carbocycles. The molecule has 20 heavy (non-hydrogen) atoms. The molecule has 1 rings (SSSR count). The second kappa shape index (κ2) is 5.87. The highest BCUT2D eigenvalue weighted by Crippen LogP contribution is 2.29. The first-order chi connectivity index (χ1) is 9.17. The average Bonchev–Trinajstić information content (AvgIpc) is 2.34. The number of anilines is 1. The fraction of sp³-hybridized carbons (Fsp3) is 0.462. The summed E-state index contributed by atoms with van der Waals surface area (Å²) < 4.78 is 0. The van der Waals surface area contributed by atoms with Gasteiger partial charge >= 0.3 is 5.69 Å². The molecule has 7 nitrogen and oxygen atoms in total. The third-order valence-electron chi connectivity index (χ3n) is 2.66. The van der Waals surface area contributed by atoms with E-state index in [4.69, 9.17) is 5.84 Å². The molecule has 0 spiro atoms. The Hall–Kier alpha value is -2.15. The molecular weight excluding hydrogens is 260 g/mol. The summed E-state index contributed by atoms with van der Waals surface area (Å²) in [5, 5.41) is 11.2. The van der Waals surface area contributed by atoms with Crippen molar-refractivity contribution in [3.63, 3.8) is 0 Å². The zero-order valence-corrected chi connectivity index (χ0v) is 12.1. The Morgan fingerprint density at radius 2 is 2.05 bits per heavy atom. The maximum Gasteiger partial charge on any atom is 0.306 e. The Morgan fingerprint density at radius 1 is 1.45 bits per heavy atom. The van der Waals surface area contributed by atoms with Crippen LogP contribution in [-0.4, -0.2) is 29.3 Å². The Kier molecular flexibility index (Phi) is 4.67. The minimum Gasteiger partial charge on any atom is -0.341 e. The first kappa shape index (κ1) is 15.9. The van der Waals surface area contributed by atoms with Gasteiger partial charge in [-0.3, -0.25) is 20.8 Å². The number of nitrogens with zero attached hydrogens (tertiary/aromatic N) is 2. The van der Waals surface area contributed by atoms with Crippen LogP contribution in [0, 0.1) is 15.5 Å². The van der Waals surface area contributed by atoms with Crippen LogP contribution in [0.4, 0.5) is 11.4 Å². The van der Waals surface area contributed by atoms with Gasteiger partial charge < -0.3 is 10.3 Å². The topological polar surface area (TPSA) is 102 Å². The first-order valence-corrected chi connectivity index (χ1v) is 6.17. The lowest BCUT2D eigenvalue weighted by Gasteiger charge is -2.26. The SMILES string of the molecule is CN(CC(C)(C)C)C(=O)c1cccc(NN)c1[N+](=O)[O-]. The number of hydrazine groups is 1. The zero-order chi connectivity index (χ0) is 15.5. The lowest BCUT2D eigenvalue weighted by molar-refractivity contribution is -0.384. The molecule has 110 valence electrons. The van der Waals surface area contributed by atoms with Crippen molar-refractivity contribution in [3.8, 4) is 0 Å². The van der Waals surface area contributed by atoms with Crippen LogP contribution < -0.4 is 11.3 Å². The second-order valence-electron chi connectivity index (χ2n) is 5.83. The summed E-state index contributed by atoms with van der Waals surface area (Å²) in [6.45, 7) is 6.46. The molecule has 0 saturated heterocycles. The minimum absolute atomic E-state index is 0.0252. The normalized spacial score (nSPS) is 11.1. The van der Waals surface area contributed by atoms with Crippen LogP contribution in [0.15, 0.2) is 18.2 Å². The number of amides is 1. The predicted molar refractivity (Wildman–Crippen MR) is 77.3 cm³/mol. The monoisotopic (exact) mass is 280 g/mol. The number of benzene rings is 1. The van der Waals surface area contributed by atoms with Gasteiger partial charge in [0.1, 0.15) is 11.3 Å². The highest BCUT2D eigenvalue weighted by atomic mass is 16.6. The van der Waals surface area contributed by atoms with Crippen molar-refractivity contribution >= 4 is 17.3 Å². The van der Waals surface area contributed by atoms with Gasteiger partial charge in [0, 0.05) is 13.6 Å². The Balaban J connectivity index is 3.19.